The smallest absolute Gasteiger partial charge is 0.340 e. The Morgan fingerprint density at radius 3 is 2.91 bits per heavy atom. The predicted molar refractivity (Wildman–Crippen MR) is 77.5 cm³/mol. The molecule has 0 radical (unpaired) electrons. The number of aryl methyl sites for hydroxylation is 2. The fourth-order valence-corrected chi connectivity index (χ4v) is 2.83. The summed E-state index contributed by atoms with van der Waals surface area (Å²) in [6.07, 6.45) is 3.31. The minimum absolute atomic E-state index is 0.196. The molecular formula is C14H19N5O3. The predicted octanol–water partition coefficient (Wildman–Crippen LogP) is 1.32. The number of oxazole rings is 1. The quantitative estimate of drug-likeness (QED) is 0.889. The second-order valence-electron chi connectivity index (χ2n) is 5.45. The standard InChI is InChI=1S/C14H19N5O3/c1-3-10-15-8(2)11(22-10)13(20)19-7-5-4-6-9(19)12-16-14(21)18-17-12/h9H,3-7H2,1-2H3,(H2,16,17,18,21)/t9-/m0/s1. The maximum absolute atomic E-state index is 12.8. The molecule has 0 unspecified atom stereocenters. The first-order valence-corrected chi connectivity index (χ1v) is 7.52. The third-order valence-corrected chi connectivity index (χ3v) is 3.94. The van der Waals surface area contributed by atoms with Gasteiger partial charge in [0.05, 0.1) is 11.7 Å². The van der Waals surface area contributed by atoms with E-state index in [-0.39, 0.29) is 23.4 Å². The van der Waals surface area contributed by atoms with Gasteiger partial charge in [-0.1, -0.05) is 6.92 Å². The zero-order valence-electron chi connectivity index (χ0n) is 12.7. The Morgan fingerprint density at radius 1 is 1.45 bits per heavy atom. The molecule has 2 aromatic rings. The molecule has 3 heterocycles. The highest BCUT2D eigenvalue weighted by molar-refractivity contribution is 5.92. The number of nitrogens with one attached hydrogen (secondary N) is 2. The van der Waals surface area contributed by atoms with Gasteiger partial charge in [-0.25, -0.2) is 14.9 Å². The lowest BCUT2D eigenvalue weighted by molar-refractivity contribution is 0.0565. The molecule has 8 heteroatoms. The first-order chi connectivity index (χ1) is 10.6. The average Bonchev–Trinajstić information content (AvgIpc) is 3.12. The molecule has 0 aromatic carbocycles. The Hall–Kier alpha value is -2.38. The fourth-order valence-electron chi connectivity index (χ4n) is 2.83. The second-order valence-corrected chi connectivity index (χ2v) is 5.45. The Morgan fingerprint density at radius 2 is 2.27 bits per heavy atom. The maximum atomic E-state index is 12.8. The first-order valence-electron chi connectivity index (χ1n) is 7.52. The van der Waals surface area contributed by atoms with Gasteiger partial charge in [0.2, 0.25) is 5.76 Å². The van der Waals surface area contributed by atoms with E-state index in [4.69, 9.17) is 4.42 Å². The lowest BCUT2D eigenvalue weighted by atomic mass is 10.0. The SMILES string of the molecule is CCc1nc(C)c(C(=O)N2CCCC[C@H]2c2n[nH]c(=O)[nH]2)o1. The number of hydrogen-bond acceptors (Lipinski definition) is 5. The van der Waals surface area contributed by atoms with Crippen LogP contribution in [0.4, 0.5) is 0 Å². The van der Waals surface area contributed by atoms with Gasteiger partial charge in [0.15, 0.2) is 11.7 Å². The van der Waals surface area contributed by atoms with E-state index in [9.17, 15) is 9.59 Å². The molecular weight excluding hydrogens is 286 g/mol. The molecule has 1 saturated heterocycles. The van der Waals surface area contributed by atoms with Gasteiger partial charge < -0.3 is 9.32 Å². The zero-order chi connectivity index (χ0) is 15.7. The Kier molecular flexibility index (Phi) is 3.82. The summed E-state index contributed by atoms with van der Waals surface area (Å²) in [5.41, 5.74) is 0.235. The number of nitrogens with zero attached hydrogens (tertiary/aromatic N) is 3. The van der Waals surface area contributed by atoms with Gasteiger partial charge in [-0.15, -0.1) is 0 Å². The van der Waals surface area contributed by atoms with Gasteiger partial charge >= 0.3 is 5.69 Å². The van der Waals surface area contributed by atoms with Crippen molar-refractivity contribution in [3.63, 3.8) is 0 Å². The lowest BCUT2D eigenvalue weighted by Crippen LogP contribution is -2.39. The number of rotatable bonds is 3. The van der Waals surface area contributed by atoms with E-state index in [1.54, 1.807) is 11.8 Å². The van der Waals surface area contributed by atoms with Crippen molar-refractivity contribution in [1.82, 2.24) is 25.1 Å². The number of carbonyl (C=O) groups excluding carboxylic acids is 1. The number of carbonyl (C=O) groups is 1. The van der Waals surface area contributed by atoms with Crippen LogP contribution >= 0.6 is 0 Å². The van der Waals surface area contributed by atoms with Crippen molar-refractivity contribution in [3.8, 4) is 0 Å². The van der Waals surface area contributed by atoms with Crippen LogP contribution in [-0.4, -0.2) is 37.5 Å². The van der Waals surface area contributed by atoms with Crippen LogP contribution < -0.4 is 5.69 Å². The van der Waals surface area contributed by atoms with Crippen LogP contribution in [0.5, 0.6) is 0 Å². The number of H-pyrrole nitrogens is 2. The molecule has 22 heavy (non-hydrogen) atoms. The Labute approximate surface area is 126 Å². The molecule has 3 rings (SSSR count). The topological polar surface area (TPSA) is 108 Å². The third-order valence-electron chi connectivity index (χ3n) is 3.94. The van der Waals surface area contributed by atoms with E-state index in [0.29, 0.717) is 30.4 Å². The van der Waals surface area contributed by atoms with E-state index in [1.165, 1.54) is 0 Å². The van der Waals surface area contributed by atoms with Crippen LogP contribution in [0.1, 0.15) is 60.2 Å². The molecule has 0 bridgehead atoms. The Bertz CT molecular complexity index is 729. The fraction of sp³-hybridized carbons (Fsp3) is 0.571. The number of likely N-dealkylation sites (tertiary alicyclic amines) is 1. The minimum Gasteiger partial charge on any atom is -0.435 e. The van der Waals surface area contributed by atoms with Crippen LogP contribution in [0.2, 0.25) is 0 Å². The monoisotopic (exact) mass is 305 g/mol. The maximum Gasteiger partial charge on any atom is 0.340 e. The van der Waals surface area contributed by atoms with Crippen molar-refractivity contribution >= 4 is 5.91 Å². The molecule has 1 aliphatic rings. The van der Waals surface area contributed by atoms with Gasteiger partial charge in [-0.2, -0.15) is 5.10 Å². The summed E-state index contributed by atoms with van der Waals surface area (Å²) < 4.78 is 5.57. The first kappa shape index (κ1) is 14.6. The van der Waals surface area contributed by atoms with Crippen molar-refractivity contribution in [2.75, 3.05) is 6.54 Å². The number of amides is 1. The summed E-state index contributed by atoms with van der Waals surface area (Å²) in [5.74, 6) is 1.13. The number of aromatic nitrogens is 4. The van der Waals surface area contributed by atoms with Crippen LogP contribution in [0, 0.1) is 6.92 Å². The summed E-state index contributed by atoms with van der Waals surface area (Å²) in [6, 6.07) is -0.241. The minimum atomic E-state index is -0.364. The summed E-state index contributed by atoms with van der Waals surface area (Å²) in [7, 11) is 0. The summed E-state index contributed by atoms with van der Waals surface area (Å²) in [4.78, 5) is 32.7. The van der Waals surface area contributed by atoms with Gasteiger partial charge in [-0.05, 0) is 26.2 Å². The van der Waals surface area contributed by atoms with Crippen LogP contribution in [-0.2, 0) is 6.42 Å². The van der Waals surface area contributed by atoms with E-state index in [1.807, 2.05) is 6.92 Å². The van der Waals surface area contributed by atoms with E-state index < -0.39 is 0 Å². The highest BCUT2D eigenvalue weighted by Crippen LogP contribution is 2.30. The molecule has 1 aliphatic heterocycles. The van der Waals surface area contributed by atoms with E-state index in [2.05, 4.69) is 20.2 Å². The van der Waals surface area contributed by atoms with E-state index in [0.717, 1.165) is 19.3 Å². The molecule has 0 aliphatic carbocycles. The van der Waals surface area contributed by atoms with Crippen molar-refractivity contribution < 1.29 is 9.21 Å². The highest BCUT2D eigenvalue weighted by Gasteiger charge is 2.33. The largest absolute Gasteiger partial charge is 0.435 e. The number of piperidine rings is 1. The van der Waals surface area contributed by atoms with Crippen molar-refractivity contribution in [2.45, 2.75) is 45.6 Å². The van der Waals surface area contributed by atoms with Gasteiger partial charge in [0.1, 0.15) is 0 Å². The average molecular weight is 305 g/mol. The molecule has 118 valence electrons. The molecule has 0 spiro atoms. The Balaban J connectivity index is 1.91. The lowest BCUT2D eigenvalue weighted by Gasteiger charge is -2.33. The summed E-state index contributed by atoms with van der Waals surface area (Å²) >= 11 is 0. The highest BCUT2D eigenvalue weighted by atomic mass is 16.4. The second kappa shape index (κ2) is 5.78. The van der Waals surface area contributed by atoms with Gasteiger partial charge in [-0.3, -0.25) is 9.78 Å². The van der Waals surface area contributed by atoms with Crippen molar-refractivity contribution in [3.05, 3.63) is 33.7 Å². The molecule has 0 saturated carbocycles. The van der Waals surface area contributed by atoms with Crippen molar-refractivity contribution in [2.24, 2.45) is 0 Å². The molecule has 2 aromatic heterocycles. The zero-order valence-corrected chi connectivity index (χ0v) is 12.7. The normalized spacial score (nSPS) is 18.6. The molecule has 8 nitrogen and oxygen atoms in total. The molecule has 1 fully saturated rings. The van der Waals surface area contributed by atoms with Crippen LogP contribution in [0.15, 0.2) is 9.21 Å². The molecule has 1 amide bonds. The van der Waals surface area contributed by atoms with Crippen molar-refractivity contribution in [1.29, 1.82) is 0 Å². The van der Waals surface area contributed by atoms with Crippen LogP contribution in [0.25, 0.3) is 0 Å². The molecule has 2 N–H and O–H groups in total. The van der Waals surface area contributed by atoms with E-state index >= 15 is 0 Å². The van der Waals surface area contributed by atoms with Gasteiger partial charge in [0.25, 0.3) is 5.91 Å². The number of aromatic amines is 2. The summed E-state index contributed by atoms with van der Waals surface area (Å²) in [6.45, 7) is 4.31. The third kappa shape index (κ3) is 2.56. The number of hydrogen-bond donors (Lipinski definition) is 2. The van der Waals surface area contributed by atoms with Crippen LogP contribution in [0.3, 0.4) is 0 Å². The summed E-state index contributed by atoms with van der Waals surface area (Å²) in [5, 5.41) is 6.33. The van der Waals surface area contributed by atoms with Gasteiger partial charge in [0, 0.05) is 13.0 Å². The molecule has 1 atom stereocenters.